The van der Waals surface area contributed by atoms with Crippen LogP contribution in [0, 0.1) is 5.82 Å². The summed E-state index contributed by atoms with van der Waals surface area (Å²) in [5, 5.41) is 18.0. The zero-order valence-corrected chi connectivity index (χ0v) is 21.6. The summed E-state index contributed by atoms with van der Waals surface area (Å²) < 4.78 is 17.6. The molecule has 4 heterocycles. The normalized spacial score (nSPS) is 15.3. The molecule has 1 fully saturated rings. The Kier molecular flexibility index (Phi) is 5.75. The number of thiophene rings is 1. The Morgan fingerprint density at radius 3 is 2.77 bits per heavy atom. The summed E-state index contributed by atoms with van der Waals surface area (Å²) in [4.78, 5) is 28.4. The van der Waals surface area contributed by atoms with E-state index in [-0.39, 0.29) is 11.4 Å². The van der Waals surface area contributed by atoms with Gasteiger partial charge in [-0.25, -0.2) is 9.49 Å². The van der Waals surface area contributed by atoms with Crippen LogP contribution in [-0.2, 0) is 13.1 Å². The van der Waals surface area contributed by atoms with E-state index in [1.165, 1.54) is 36.3 Å². The smallest absolute Gasteiger partial charge is 0.287 e. The van der Waals surface area contributed by atoms with Crippen molar-refractivity contribution < 1.29 is 9.18 Å². The molecular formula is C28H24FN7O2S. The number of anilines is 3. The minimum absolute atomic E-state index is 0.0273. The van der Waals surface area contributed by atoms with E-state index in [4.69, 9.17) is 0 Å². The SMILES string of the molecule is O=C(Nc1cc(-c2cc(Nc3cc4n(n3)CCN(C3CC3)C4)c(=O)[nH]n2)ccc1F)c1cc2ccccc2s1. The highest BCUT2D eigenvalue weighted by Crippen LogP contribution is 2.31. The van der Waals surface area contributed by atoms with Crippen molar-refractivity contribution in [2.24, 2.45) is 0 Å². The molecule has 0 atom stereocenters. The van der Waals surface area contributed by atoms with Gasteiger partial charge in [-0.2, -0.15) is 10.2 Å². The molecule has 0 unspecified atom stereocenters. The van der Waals surface area contributed by atoms with Gasteiger partial charge in [0, 0.05) is 35.5 Å². The third kappa shape index (κ3) is 4.70. The number of amides is 1. The second-order valence-corrected chi connectivity index (χ2v) is 10.9. The Labute approximate surface area is 226 Å². The number of benzene rings is 2. The van der Waals surface area contributed by atoms with Crippen molar-refractivity contribution in [2.75, 3.05) is 17.2 Å². The van der Waals surface area contributed by atoms with E-state index in [1.54, 1.807) is 18.2 Å². The molecule has 1 aliphatic carbocycles. The van der Waals surface area contributed by atoms with E-state index in [1.807, 2.05) is 35.0 Å². The summed E-state index contributed by atoms with van der Waals surface area (Å²) in [6.07, 6.45) is 2.52. The van der Waals surface area contributed by atoms with Crippen LogP contribution in [0.2, 0.25) is 0 Å². The van der Waals surface area contributed by atoms with Gasteiger partial charge in [0.2, 0.25) is 0 Å². The molecule has 11 heteroatoms. The Morgan fingerprint density at radius 2 is 1.92 bits per heavy atom. The number of hydrogen-bond acceptors (Lipinski definition) is 7. The van der Waals surface area contributed by atoms with Crippen molar-refractivity contribution in [3.63, 3.8) is 0 Å². The van der Waals surface area contributed by atoms with E-state index >= 15 is 0 Å². The summed E-state index contributed by atoms with van der Waals surface area (Å²) in [7, 11) is 0. The van der Waals surface area contributed by atoms with Crippen LogP contribution in [0.1, 0.15) is 28.2 Å². The average Bonchev–Trinajstić information content (AvgIpc) is 3.57. The first-order chi connectivity index (χ1) is 19.0. The standard InChI is InChI=1S/C28H24FN7O2S/c29-20-8-5-16(11-22(20)31-28(38)25-12-17-3-1-2-4-24(17)39-25)21-14-23(27(37)33-32-21)30-26-13-19-15-35(18-6-7-18)9-10-36(19)34-26/h1-5,8,11-14,18H,6-7,9-10,15H2,(H,31,38)(H,33,37)(H,30,32,34). The maximum absolute atomic E-state index is 14.7. The molecule has 0 spiro atoms. The van der Waals surface area contributed by atoms with Crippen LogP contribution in [0.15, 0.2) is 65.5 Å². The van der Waals surface area contributed by atoms with Crippen LogP contribution in [0.4, 0.5) is 21.6 Å². The first-order valence-corrected chi connectivity index (χ1v) is 13.6. The fourth-order valence-electron chi connectivity index (χ4n) is 4.94. The predicted molar refractivity (Wildman–Crippen MR) is 149 cm³/mol. The number of carbonyl (C=O) groups excluding carboxylic acids is 1. The Bertz CT molecular complexity index is 1760. The molecule has 39 heavy (non-hydrogen) atoms. The molecule has 5 aromatic rings. The molecule has 1 aliphatic heterocycles. The summed E-state index contributed by atoms with van der Waals surface area (Å²) in [6, 6.07) is 18.0. The summed E-state index contributed by atoms with van der Waals surface area (Å²) in [6.45, 7) is 2.64. The van der Waals surface area contributed by atoms with Crippen molar-refractivity contribution in [3.8, 4) is 11.3 Å². The molecule has 0 bridgehead atoms. The lowest BCUT2D eigenvalue weighted by atomic mass is 10.1. The van der Waals surface area contributed by atoms with E-state index < -0.39 is 17.3 Å². The number of nitrogens with zero attached hydrogens (tertiary/aromatic N) is 4. The Balaban J connectivity index is 1.12. The molecule has 1 saturated carbocycles. The molecular weight excluding hydrogens is 517 g/mol. The number of hydrogen-bond donors (Lipinski definition) is 3. The van der Waals surface area contributed by atoms with Gasteiger partial charge < -0.3 is 10.6 Å². The lowest BCUT2D eigenvalue weighted by Crippen LogP contribution is -2.35. The minimum atomic E-state index is -0.570. The number of H-pyrrole nitrogens is 1. The highest BCUT2D eigenvalue weighted by Gasteiger charge is 2.31. The molecule has 1 amide bonds. The van der Waals surface area contributed by atoms with E-state index in [0.717, 1.165) is 35.4 Å². The minimum Gasteiger partial charge on any atom is -0.334 e. The van der Waals surface area contributed by atoms with Gasteiger partial charge in [0.15, 0.2) is 5.82 Å². The molecule has 0 saturated heterocycles. The quantitative estimate of drug-likeness (QED) is 0.281. The Hall–Kier alpha value is -4.35. The van der Waals surface area contributed by atoms with E-state index in [9.17, 15) is 14.0 Å². The summed E-state index contributed by atoms with van der Waals surface area (Å²) in [5.74, 6) is -0.381. The number of nitrogens with one attached hydrogen (secondary N) is 3. The number of carbonyl (C=O) groups is 1. The van der Waals surface area contributed by atoms with E-state index in [0.29, 0.717) is 28.0 Å². The van der Waals surface area contributed by atoms with Crippen LogP contribution in [-0.4, -0.2) is 43.4 Å². The van der Waals surface area contributed by atoms with Gasteiger partial charge in [-0.1, -0.05) is 18.2 Å². The fraction of sp³-hybridized carbons (Fsp3) is 0.214. The largest absolute Gasteiger partial charge is 0.334 e. The van der Waals surface area contributed by atoms with Crippen LogP contribution >= 0.6 is 11.3 Å². The van der Waals surface area contributed by atoms with Crippen molar-refractivity contribution in [3.05, 3.63) is 87.4 Å². The van der Waals surface area contributed by atoms with Crippen LogP contribution < -0.4 is 16.2 Å². The molecule has 2 aromatic carbocycles. The molecule has 2 aliphatic rings. The van der Waals surface area contributed by atoms with Crippen molar-refractivity contribution in [2.45, 2.75) is 32.0 Å². The number of rotatable bonds is 6. The van der Waals surface area contributed by atoms with Crippen molar-refractivity contribution >= 4 is 44.5 Å². The Morgan fingerprint density at radius 1 is 1.05 bits per heavy atom. The van der Waals surface area contributed by atoms with Gasteiger partial charge in [-0.3, -0.25) is 19.2 Å². The van der Waals surface area contributed by atoms with Gasteiger partial charge in [-0.05, 0) is 54.6 Å². The average molecular weight is 542 g/mol. The zero-order chi connectivity index (χ0) is 26.5. The molecule has 7 rings (SSSR count). The number of aromatic nitrogens is 4. The first-order valence-electron chi connectivity index (χ1n) is 12.8. The van der Waals surface area contributed by atoms with Crippen LogP contribution in [0.3, 0.4) is 0 Å². The molecule has 3 N–H and O–H groups in total. The maximum Gasteiger partial charge on any atom is 0.287 e. The van der Waals surface area contributed by atoms with Crippen molar-refractivity contribution in [1.82, 2.24) is 24.9 Å². The molecule has 0 radical (unpaired) electrons. The topological polar surface area (TPSA) is 108 Å². The zero-order valence-electron chi connectivity index (χ0n) is 20.8. The highest BCUT2D eigenvalue weighted by atomic mass is 32.1. The van der Waals surface area contributed by atoms with Crippen LogP contribution in [0.25, 0.3) is 21.3 Å². The molecule has 9 nitrogen and oxygen atoms in total. The third-order valence-electron chi connectivity index (χ3n) is 7.12. The monoisotopic (exact) mass is 541 g/mol. The van der Waals surface area contributed by atoms with Crippen molar-refractivity contribution in [1.29, 1.82) is 0 Å². The number of aromatic amines is 1. The lowest BCUT2D eigenvalue weighted by molar-refractivity contribution is 0.103. The van der Waals surface area contributed by atoms with Gasteiger partial charge >= 0.3 is 0 Å². The third-order valence-corrected chi connectivity index (χ3v) is 8.23. The molecule has 3 aromatic heterocycles. The lowest BCUT2D eigenvalue weighted by Gasteiger charge is -2.27. The molecule has 196 valence electrons. The summed E-state index contributed by atoms with van der Waals surface area (Å²) >= 11 is 1.34. The van der Waals surface area contributed by atoms with E-state index in [2.05, 4.69) is 30.8 Å². The van der Waals surface area contributed by atoms with Gasteiger partial charge in [-0.15, -0.1) is 11.3 Å². The second kappa shape index (κ2) is 9.44. The van der Waals surface area contributed by atoms with Crippen LogP contribution in [0.5, 0.6) is 0 Å². The predicted octanol–water partition coefficient (Wildman–Crippen LogP) is 4.96. The number of fused-ring (bicyclic) bond motifs is 2. The van der Waals surface area contributed by atoms with Gasteiger partial charge in [0.1, 0.15) is 11.5 Å². The maximum atomic E-state index is 14.7. The van der Waals surface area contributed by atoms with Gasteiger partial charge in [0.05, 0.1) is 28.5 Å². The van der Waals surface area contributed by atoms with Gasteiger partial charge in [0.25, 0.3) is 11.5 Å². The second-order valence-electron chi connectivity index (χ2n) is 9.86. The fourth-order valence-corrected chi connectivity index (χ4v) is 5.90. The first kappa shape index (κ1) is 23.7. The highest BCUT2D eigenvalue weighted by molar-refractivity contribution is 7.20. The summed E-state index contributed by atoms with van der Waals surface area (Å²) in [5.41, 5.74) is 1.96. The number of halogens is 1.